The molecule has 1 fully saturated rings. The van der Waals surface area contributed by atoms with Crippen LogP contribution in [-0.4, -0.2) is 48.2 Å². The molecule has 9 nitrogen and oxygen atoms in total. The van der Waals surface area contributed by atoms with Gasteiger partial charge in [0, 0.05) is 40.2 Å². The molecule has 2 aromatic rings. The molecule has 0 radical (unpaired) electrons. The van der Waals surface area contributed by atoms with Gasteiger partial charge in [0.1, 0.15) is 4.21 Å². The lowest BCUT2D eigenvalue weighted by Crippen LogP contribution is -2.42. The van der Waals surface area contributed by atoms with E-state index in [4.69, 9.17) is 5.73 Å². The summed E-state index contributed by atoms with van der Waals surface area (Å²) in [5, 5.41) is 15.5. The predicted octanol–water partition coefficient (Wildman–Crippen LogP) is 3.90. The number of piperidine rings is 1. The number of rotatable bonds is 10. The highest BCUT2D eigenvalue weighted by Crippen LogP contribution is 2.34. The fourth-order valence-corrected chi connectivity index (χ4v) is 7.97. The maximum Gasteiger partial charge on any atom is 0.252 e. The van der Waals surface area contributed by atoms with E-state index in [0.717, 1.165) is 29.9 Å². The van der Waals surface area contributed by atoms with Crippen molar-refractivity contribution in [1.29, 1.82) is 0 Å². The van der Waals surface area contributed by atoms with Gasteiger partial charge in [-0.3, -0.25) is 14.9 Å². The molecule has 1 atom stereocenters. The third-order valence-electron chi connectivity index (χ3n) is 6.88. The molecule has 2 aliphatic rings. The number of carbonyl (C=O) groups excluding carboxylic acids is 1. The van der Waals surface area contributed by atoms with E-state index < -0.39 is 26.4 Å². The molecule has 198 valence electrons. The van der Waals surface area contributed by atoms with Crippen LogP contribution in [-0.2, 0) is 27.7 Å². The van der Waals surface area contributed by atoms with Crippen LogP contribution in [0, 0.1) is 10.1 Å². The van der Waals surface area contributed by atoms with Gasteiger partial charge in [-0.15, -0.1) is 11.3 Å². The van der Waals surface area contributed by atoms with Gasteiger partial charge < -0.3 is 11.1 Å². The van der Waals surface area contributed by atoms with Crippen LogP contribution in [0.15, 0.2) is 64.4 Å². The molecule has 4 rings (SSSR count). The molecule has 2 heterocycles. The molecular weight excluding hydrogens is 512 g/mol. The topological polar surface area (TPSA) is 136 Å². The number of carbonyl (C=O) groups is 1. The van der Waals surface area contributed by atoms with Gasteiger partial charge in [0.25, 0.3) is 10.0 Å². The monoisotopic (exact) mass is 544 g/mol. The number of nitrogens with one attached hydrogen (secondary N) is 1. The minimum atomic E-state index is -3.71. The summed E-state index contributed by atoms with van der Waals surface area (Å²) in [5.41, 5.74) is 6.33. The van der Waals surface area contributed by atoms with Crippen LogP contribution in [0.3, 0.4) is 0 Å². The van der Waals surface area contributed by atoms with Crippen LogP contribution in [0.25, 0.3) is 0 Å². The Hall–Kier alpha value is -3.02. The highest BCUT2D eigenvalue weighted by atomic mass is 32.2. The van der Waals surface area contributed by atoms with E-state index in [-0.39, 0.29) is 28.7 Å². The largest absolute Gasteiger partial charge is 0.382 e. The first-order valence-electron chi connectivity index (χ1n) is 12.4. The Labute approximate surface area is 221 Å². The van der Waals surface area contributed by atoms with E-state index in [0.29, 0.717) is 30.8 Å². The number of hydrogen-bond acceptors (Lipinski definition) is 7. The molecule has 1 unspecified atom stereocenters. The summed E-state index contributed by atoms with van der Waals surface area (Å²) >= 11 is 1.04. The zero-order valence-corrected chi connectivity index (χ0v) is 22.4. The second-order valence-electron chi connectivity index (χ2n) is 9.62. The minimum Gasteiger partial charge on any atom is -0.382 e. The fraction of sp³-hybridized carbons (Fsp3) is 0.423. The lowest BCUT2D eigenvalue weighted by Gasteiger charge is -2.32. The Bertz CT molecular complexity index is 1330. The van der Waals surface area contributed by atoms with Gasteiger partial charge in [-0.1, -0.05) is 37.6 Å². The number of nitrogens with zero attached hydrogens (tertiary/aromatic N) is 2. The Morgan fingerprint density at radius 2 is 2.03 bits per heavy atom. The number of anilines is 1. The van der Waals surface area contributed by atoms with Gasteiger partial charge in [-0.25, -0.2) is 8.42 Å². The smallest absolute Gasteiger partial charge is 0.252 e. The van der Waals surface area contributed by atoms with Crippen molar-refractivity contribution in [2.24, 2.45) is 5.73 Å². The van der Waals surface area contributed by atoms with Crippen molar-refractivity contribution >= 4 is 33.0 Å². The summed E-state index contributed by atoms with van der Waals surface area (Å²) in [7, 11) is -3.71. The number of thiophene rings is 1. The molecule has 1 saturated heterocycles. The van der Waals surface area contributed by atoms with Gasteiger partial charge in [-0.05, 0) is 55.2 Å². The molecule has 1 aliphatic heterocycles. The first-order chi connectivity index (χ1) is 17.6. The number of benzene rings is 1. The van der Waals surface area contributed by atoms with Gasteiger partial charge in [0.15, 0.2) is 0 Å². The third kappa shape index (κ3) is 6.11. The van der Waals surface area contributed by atoms with Crippen LogP contribution in [0.1, 0.15) is 43.0 Å². The molecule has 0 bridgehead atoms. The van der Waals surface area contributed by atoms with Crippen molar-refractivity contribution in [2.75, 3.05) is 18.4 Å². The van der Waals surface area contributed by atoms with Gasteiger partial charge in [0.2, 0.25) is 11.4 Å². The maximum absolute atomic E-state index is 13.3. The van der Waals surface area contributed by atoms with E-state index in [9.17, 15) is 23.3 Å². The average Bonchev–Trinajstić information content (AvgIpc) is 3.34. The number of nitrogens with two attached hydrogens (primary N) is 1. The van der Waals surface area contributed by atoms with E-state index in [2.05, 4.69) is 24.4 Å². The van der Waals surface area contributed by atoms with Crippen molar-refractivity contribution < 1.29 is 18.1 Å². The quantitative estimate of drug-likeness (QED) is 0.344. The van der Waals surface area contributed by atoms with E-state index >= 15 is 0 Å². The normalized spacial score (nSPS) is 20.9. The molecule has 1 aromatic heterocycles. The van der Waals surface area contributed by atoms with Crippen molar-refractivity contribution in [3.63, 3.8) is 0 Å². The first kappa shape index (κ1) is 27.0. The molecule has 1 aliphatic carbocycles. The highest BCUT2D eigenvalue weighted by molar-refractivity contribution is 7.91. The zero-order chi connectivity index (χ0) is 26.6. The molecular formula is C26H32N4O5S2. The molecule has 11 heteroatoms. The molecule has 3 N–H and O–H groups in total. The molecule has 0 saturated carbocycles. The number of hydrogen-bond donors (Lipinski definition) is 2. The van der Waals surface area contributed by atoms with Crippen molar-refractivity contribution in [3.05, 3.63) is 80.8 Å². The number of primary amides is 1. The Kier molecular flexibility index (Phi) is 8.15. The third-order valence-corrected chi connectivity index (χ3v) is 10.3. The Morgan fingerprint density at radius 3 is 2.70 bits per heavy atom. The summed E-state index contributed by atoms with van der Waals surface area (Å²) in [5.74, 6) is -0.698. The highest BCUT2D eigenvalue weighted by Gasteiger charge is 2.44. The van der Waals surface area contributed by atoms with Gasteiger partial charge >= 0.3 is 0 Å². The number of sulfonamides is 1. The summed E-state index contributed by atoms with van der Waals surface area (Å²) in [6.07, 6.45) is 7.72. The van der Waals surface area contributed by atoms with E-state index in [1.165, 1.54) is 34.2 Å². The minimum absolute atomic E-state index is 0.0234. The Morgan fingerprint density at radius 1 is 1.27 bits per heavy atom. The SMILES string of the molecule is CCCc1cccc(NC2CCN(S(=O)(=O)c3ccc(CC4([N+](=O)[O-])C=CC=C(C(N)=O)C4)s3)CC2)c1. The summed E-state index contributed by atoms with van der Waals surface area (Å²) < 4.78 is 28.3. The summed E-state index contributed by atoms with van der Waals surface area (Å²) in [4.78, 5) is 23.7. The maximum atomic E-state index is 13.3. The Balaban J connectivity index is 1.40. The van der Waals surface area contributed by atoms with Crippen LogP contribution < -0.4 is 11.1 Å². The zero-order valence-electron chi connectivity index (χ0n) is 20.8. The molecule has 37 heavy (non-hydrogen) atoms. The van der Waals surface area contributed by atoms with Crippen molar-refractivity contribution in [1.82, 2.24) is 4.31 Å². The first-order valence-corrected chi connectivity index (χ1v) is 14.7. The van der Waals surface area contributed by atoms with Gasteiger partial charge in [0.05, 0.1) is 12.8 Å². The van der Waals surface area contributed by atoms with Crippen molar-refractivity contribution in [3.8, 4) is 0 Å². The van der Waals surface area contributed by atoms with Gasteiger partial charge in [-0.2, -0.15) is 4.31 Å². The molecule has 1 amide bonds. The van der Waals surface area contributed by atoms with Crippen LogP contribution in [0.2, 0.25) is 0 Å². The van der Waals surface area contributed by atoms with E-state index in [1.807, 2.05) is 12.1 Å². The molecule has 0 spiro atoms. The van der Waals surface area contributed by atoms with Crippen LogP contribution in [0.5, 0.6) is 0 Å². The van der Waals surface area contributed by atoms with Crippen molar-refractivity contribution in [2.45, 2.75) is 61.2 Å². The lowest BCUT2D eigenvalue weighted by molar-refractivity contribution is -0.554. The number of allylic oxidation sites excluding steroid dienone is 2. The average molecular weight is 545 g/mol. The van der Waals surface area contributed by atoms with E-state index in [1.54, 1.807) is 6.07 Å². The fourth-order valence-electron chi connectivity index (χ4n) is 4.87. The number of amides is 1. The second-order valence-corrected chi connectivity index (χ2v) is 13.0. The standard InChI is InChI=1S/C26H32N4O5S2/c1-2-5-19-6-3-8-22(16-19)28-21-11-14-29(15-12-21)37(34,35)24-10-9-23(36-24)18-26(30(32)33)13-4-7-20(17-26)25(27)31/h3-4,6-10,13,16,21,28H,2,5,11-12,14-15,17-18H2,1H3,(H2,27,31). The summed E-state index contributed by atoms with van der Waals surface area (Å²) in [6.45, 7) is 2.95. The molecule has 1 aromatic carbocycles. The second kappa shape index (κ2) is 11.2. The number of aryl methyl sites for hydroxylation is 1. The lowest BCUT2D eigenvalue weighted by atomic mass is 9.83. The predicted molar refractivity (Wildman–Crippen MR) is 145 cm³/mol. The van der Waals surface area contributed by atoms with Crippen LogP contribution >= 0.6 is 11.3 Å². The number of nitro groups is 1. The van der Waals surface area contributed by atoms with Crippen LogP contribution in [0.4, 0.5) is 5.69 Å². The summed E-state index contributed by atoms with van der Waals surface area (Å²) in [6, 6.07) is 11.7.